The molecule has 4 rings (SSSR count). The maximum atomic E-state index is 12.9. The third-order valence-corrected chi connectivity index (χ3v) is 5.05. The lowest BCUT2D eigenvalue weighted by molar-refractivity contribution is 0.0676. The van der Waals surface area contributed by atoms with Gasteiger partial charge in [0.05, 0.1) is 7.11 Å². The van der Waals surface area contributed by atoms with Crippen molar-refractivity contribution in [3.8, 4) is 5.75 Å². The average molecular weight is 390 g/mol. The molecule has 0 saturated carbocycles. The minimum absolute atomic E-state index is 0.0547. The van der Waals surface area contributed by atoms with Crippen molar-refractivity contribution in [1.82, 2.24) is 9.80 Å². The molecule has 0 bridgehead atoms. The number of carbonyl (C=O) groups is 1. The molecule has 148 valence electrons. The quantitative estimate of drug-likeness (QED) is 0.640. The molecule has 0 aliphatic carbocycles. The van der Waals surface area contributed by atoms with E-state index in [1.54, 1.807) is 36.3 Å². The molecule has 0 radical (unpaired) electrons. The number of fused-ring (bicyclic) bond motifs is 1. The molecule has 2 heterocycles. The van der Waals surface area contributed by atoms with Crippen LogP contribution in [0.2, 0.25) is 0 Å². The Hall–Kier alpha value is -3.54. The van der Waals surface area contributed by atoms with Crippen LogP contribution < -0.4 is 10.4 Å². The number of methoxy groups -OCH3 is 1. The molecule has 1 fully saturated rings. The van der Waals surface area contributed by atoms with Gasteiger partial charge in [-0.25, -0.2) is 4.79 Å². The molecule has 1 aliphatic rings. The van der Waals surface area contributed by atoms with Crippen molar-refractivity contribution in [2.24, 2.45) is 0 Å². The van der Waals surface area contributed by atoms with Crippen LogP contribution in [-0.4, -0.2) is 49.0 Å². The van der Waals surface area contributed by atoms with E-state index in [1.807, 2.05) is 36.5 Å². The van der Waals surface area contributed by atoms with E-state index in [9.17, 15) is 9.59 Å². The molecule has 29 heavy (non-hydrogen) atoms. The van der Waals surface area contributed by atoms with Gasteiger partial charge in [0.1, 0.15) is 16.9 Å². The first-order chi connectivity index (χ1) is 14.1. The van der Waals surface area contributed by atoms with Crippen LogP contribution in [0.4, 0.5) is 0 Å². The molecule has 6 nitrogen and oxygen atoms in total. The molecule has 0 spiro atoms. The highest BCUT2D eigenvalue weighted by molar-refractivity contribution is 5.96. The summed E-state index contributed by atoms with van der Waals surface area (Å²) >= 11 is 0. The van der Waals surface area contributed by atoms with E-state index in [1.165, 1.54) is 0 Å². The zero-order valence-corrected chi connectivity index (χ0v) is 16.2. The second kappa shape index (κ2) is 8.22. The lowest BCUT2D eigenvalue weighted by Crippen LogP contribution is -2.47. The third-order valence-electron chi connectivity index (χ3n) is 5.05. The number of nitrogens with zero attached hydrogens (tertiary/aromatic N) is 2. The second-order valence-electron chi connectivity index (χ2n) is 6.91. The number of hydrogen-bond acceptors (Lipinski definition) is 5. The highest BCUT2D eigenvalue weighted by Gasteiger charge is 2.24. The Morgan fingerprint density at radius 3 is 2.52 bits per heavy atom. The Kier molecular flexibility index (Phi) is 5.33. The minimum Gasteiger partial charge on any atom is -0.497 e. The van der Waals surface area contributed by atoms with Gasteiger partial charge in [-0.15, -0.1) is 0 Å². The number of benzene rings is 2. The maximum Gasteiger partial charge on any atom is 0.349 e. The van der Waals surface area contributed by atoms with Crippen molar-refractivity contribution >= 4 is 23.0 Å². The van der Waals surface area contributed by atoms with Crippen LogP contribution >= 0.6 is 0 Å². The number of rotatable bonds is 4. The fourth-order valence-corrected chi connectivity index (χ4v) is 3.38. The van der Waals surface area contributed by atoms with E-state index in [2.05, 4.69) is 11.0 Å². The minimum atomic E-state index is -0.612. The van der Waals surface area contributed by atoms with Crippen LogP contribution in [0.25, 0.3) is 17.0 Å². The van der Waals surface area contributed by atoms with E-state index in [0.29, 0.717) is 42.9 Å². The summed E-state index contributed by atoms with van der Waals surface area (Å²) in [4.78, 5) is 29.1. The first-order valence-corrected chi connectivity index (χ1v) is 9.52. The average Bonchev–Trinajstić information content (AvgIpc) is 2.77. The Morgan fingerprint density at radius 2 is 1.79 bits per heavy atom. The summed E-state index contributed by atoms with van der Waals surface area (Å²) in [5.74, 6) is 0.346. The van der Waals surface area contributed by atoms with Gasteiger partial charge < -0.3 is 19.0 Å². The van der Waals surface area contributed by atoms with Gasteiger partial charge in [0.15, 0.2) is 0 Å². The third kappa shape index (κ3) is 4.16. The summed E-state index contributed by atoms with van der Waals surface area (Å²) in [5, 5.41) is 0.664. The Labute approximate surface area is 168 Å². The predicted molar refractivity (Wildman–Crippen MR) is 112 cm³/mol. The summed E-state index contributed by atoms with van der Waals surface area (Å²) < 4.78 is 10.5. The van der Waals surface area contributed by atoms with E-state index >= 15 is 0 Å². The molecule has 6 heteroatoms. The smallest absolute Gasteiger partial charge is 0.349 e. The summed E-state index contributed by atoms with van der Waals surface area (Å²) in [5.41, 5.74) is 1.01. The largest absolute Gasteiger partial charge is 0.497 e. The summed E-state index contributed by atoms with van der Waals surface area (Å²) in [7, 11) is 1.57. The van der Waals surface area contributed by atoms with Gasteiger partial charge in [-0.2, -0.15) is 0 Å². The molecule has 3 aromatic rings. The number of carbonyl (C=O) groups excluding carboxylic acids is 1. The second-order valence-corrected chi connectivity index (χ2v) is 6.91. The van der Waals surface area contributed by atoms with Crippen molar-refractivity contribution in [1.29, 1.82) is 0 Å². The molecule has 0 unspecified atom stereocenters. The van der Waals surface area contributed by atoms with Gasteiger partial charge in [-0.1, -0.05) is 30.3 Å². The Bertz CT molecular complexity index is 1100. The highest BCUT2D eigenvalue weighted by atomic mass is 16.5. The summed E-state index contributed by atoms with van der Waals surface area (Å²) in [6.45, 7) is 2.52. The topological polar surface area (TPSA) is 63.0 Å². The fourth-order valence-electron chi connectivity index (χ4n) is 3.38. The van der Waals surface area contributed by atoms with Crippen molar-refractivity contribution < 1.29 is 13.9 Å². The molecule has 0 N–H and O–H groups in total. The molecule has 1 saturated heterocycles. The maximum absolute atomic E-state index is 12.9. The van der Waals surface area contributed by atoms with Crippen LogP contribution in [0.1, 0.15) is 15.9 Å². The zero-order chi connectivity index (χ0) is 20.2. The van der Waals surface area contributed by atoms with Crippen LogP contribution in [-0.2, 0) is 0 Å². The van der Waals surface area contributed by atoms with Gasteiger partial charge in [0.25, 0.3) is 5.91 Å². The van der Waals surface area contributed by atoms with Crippen LogP contribution in [0, 0.1) is 0 Å². The van der Waals surface area contributed by atoms with Gasteiger partial charge in [0, 0.05) is 31.6 Å². The van der Waals surface area contributed by atoms with E-state index in [-0.39, 0.29) is 11.5 Å². The zero-order valence-electron chi connectivity index (χ0n) is 16.2. The number of hydrogen-bond donors (Lipinski definition) is 0. The number of ether oxygens (including phenoxy) is 1. The van der Waals surface area contributed by atoms with Gasteiger partial charge in [-0.3, -0.25) is 4.79 Å². The van der Waals surface area contributed by atoms with E-state index in [4.69, 9.17) is 9.15 Å². The lowest BCUT2D eigenvalue weighted by atomic mass is 10.1. The normalized spacial score (nSPS) is 14.5. The van der Waals surface area contributed by atoms with E-state index in [0.717, 1.165) is 5.56 Å². The molecule has 1 amide bonds. The van der Waals surface area contributed by atoms with Crippen LogP contribution in [0.5, 0.6) is 5.75 Å². The SMILES string of the molecule is COc1ccc2oc(=O)c(C(=O)N3CCN(/C=C/c4ccccc4)CC3)cc2c1. The first-order valence-electron chi connectivity index (χ1n) is 9.52. The standard InChI is InChI=1S/C23H22N2O4/c1-28-19-7-8-21-18(15-19)16-20(23(27)29-21)22(26)25-13-11-24(12-14-25)10-9-17-5-3-2-4-6-17/h2-10,15-16H,11-14H2,1H3/b10-9+. The predicted octanol–water partition coefficient (Wildman–Crippen LogP) is 3.23. The van der Waals surface area contributed by atoms with Crippen LogP contribution in [0.15, 0.2) is 70.0 Å². The number of amides is 1. The molecule has 1 aromatic heterocycles. The van der Waals surface area contributed by atoms with Gasteiger partial charge in [-0.05, 0) is 42.1 Å². The molecule has 1 aliphatic heterocycles. The molecular formula is C23H22N2O4. The molecular weight excluding hydrogens is 368 g/mol. The van der Waals surface area contributed by atoms with Crippen molar-refractivity contribution in [3.63, 3.8) is 0 Å². The van der Waals surface area contributed by atoms with E-state index < -0.39 is 5.63 Å². The molecule has 0 atom stereocenters. The van der Waals surface area contributed by atoms with Crippen LogP contribution in [0.3, 0.4) is 0 Å². The lowest BCUT2D eigenvalue weighted by Gasteiger charge is -2.34. The van der Waals surface area contributed by atoms with Gasteiger partial charge >= 0.3 is 5.63 Å². The van der Waals surface area contributed by atoms with Crippen molar-refractivity contribution in [2.45, 2.75) is 0 Å². The highest BCUT2D eigenvalue weighted by Crippen LogP contribution is 2.21. The first kappa shape index (κ1) is 18.8. The van der Waals surface area contributed by atoms with Crippen molar-refractivity contribution in [2.75, 3.05) is 33.3 Å². The molecule has 2 aromatic carbocycles. The number of piperazine rings is 1. The Morgan fingerprint density at radius 1 is 1.03 bits per heavy atom. The monoisotopic (exact) mass is 390 g/mol. The Balaban J connectivity index is 1.46. The summed E-state index contributed by atoms with van der Waals surface area (Å²) in [6, 6.07) is 16.8. The van der Waals surface area contributed by atoms with Crippen molar-refractivity contribution in [3.05, 3.63) is 82.3 Å². The van der Waals surface area contributed by atoms with Gasteiger partial charge in [0.2, 0.25) is 0 Å². The fraction of sp³-hybridized carbons (Fsp3) is 0.217. The summed E-state index contributed by atoms with van der Waals surface area (Å²) in [6.07, 6.45) is 4.11.